The molecule has 0 atom stereocenters. The highest BCUT2D eigenvalue weighted by Crippen LogP contribution is 2.26. The Hall–Kier alpha value is -4.14. The number of aromatic nitrogens is 4. The summed E-state index contributed by atoms with van der Waals surface area (Å²) in [5.41, 5.74) is 1.95. The molecule has 0 fully saturated rings. The highest BCUT2D eigenvalue weighted by molar-refractivity contribution is 5.98. The second-order valence-corrected chi connectivity index (χ2v) is 6.55. The van der Waals surface area contributed by atoms with Gasteiger partial charge in [-0.2, -0.15) is 0 Å². The summed E-state index contributed by atoms with van der Waals surface area (Å²) in [6, 6.07) is 13.8. The monoisotopic (exact) mass is 421 g/mol. The third kappa shape index (κ3) is 4.25. The SMILES string of the molecule is COc1cccc(-n2nnc(C(=O)NCc3ccc(F)cc3F)c2-c2ccncc2)c1. The number of amides is 1. The molecule has 0 aliphatic heterocycles. The molecular formula is C22H17F2N5O2. The fourth-order valence-electron chi connectivity index (χ4n) is 3.05. The van der Waals surface area contributed by atoms with Crippen LogP contribution in [0.15, 0.2) is 67.0 Å². The summed E-state index contributed by atoms with van der Waals surface area (Å²) in [7, 11) is 1.55. The molecule has 2 aromatic heterocycles. The van der Waals surface area contributed by atoms with Gasteiger partial charge in [0.25, 0.3) is 5.91 Å². The summed E-state index contributed by atoms with van der Waals surface area (Å²) in [5, 5.41) is 10.8. The molecule has 0 unspecified atom stereocenters. The standard InChI is InChI=1S/C22H17F2N5O2/c1-31-18-4-2-3-17(12-18)29-21(14-7-9-25-10-8-14)20(27-28-29)22(30)26-13-15-5-6-16(23)11-19(15)24/h2-12H,13H2,1H3,(H,26,30). The predicted octanol–water partition coefficient (Wildman–Crippen LogP) is 3.55. The fraction of sp³-hybridized carbons (Fsp3) is 0.0909. The maximum absolute atomic E-state index is 13.9. The molecule has 0 radical (unpaired) electrons. The molecule has 4 rings (SSSR count). The highest BCUT2D eigenvalue weighted by Gasteiger charge is 2.22. The van der Waals surface area contributed by atoms with Gasteiger partial charge in [0.1, 0.15) is 23.1 Å². The number of methoxy groups -OCH3 is 1. The number of carbonyl (C=O) groups excluding carboxylic acids is 1. The number of pyridine rings is 1. The number of benzene rings is 2. The first-order valence-electron chi connectivity index (χ1n) is 9.29. The minimum absolute atomic E-state index is 0.0524. The van der Waals surface area contributed by atoms with Crippen molar-refractivity contribution in [1.29, 1.82) is 0 Å². The maximum atomic E-state index is 13.9. The van der Waals surface area contributed by atoms with Crippen molar-refractivity contribution in [3.05, 3.63) is 89.9 Å². The van der Waals surface area contributed by atoms with Crippen LogP contribution in [0.4, 0.5) is 8.78 Å². The molecular weight excluding hydrogens is 404 g/mol. The molecule has 7 nitrogen and oxygen atoms in total. The van der Waals surface area contributed by atoms with Gasteiger partial charge in [0.05, 0.1) is 12.8 Å². The first kappa shape index (κ1) is 20.1. The van der Waals surface area contributed by atoms with Crippen molar-refractivity contribution >= 4 is 5.91 Å². The molecule has 1 amide bonds. The van der Waals surface area contributed by atoms with E-state index in [1.807, 2.05) is 0 Å². The molecule has 0 bridgehead atoms. The van der Waals surface area contributed by atoms with Crippen LogP contribution in [-0.2, 0) is 6.54 Å². The average molecular weight is 421 g/mol. The van der Waals surface area contributed by atoms with Gasteiger partial charge in [0.15, 0.2) is 5.69 Å². The topological polar surface area (TPSA) is 81.9 Å². The van der Waals surface area contributed by atoms with Crippen molar-refractivity contribution in [2.45, 2.75) is 6.54 Å². The van der Waals surface area contributed by atoms with Gasteiger partial charge in [0.2, 0.25) is 0 Å². The van der Waals surface area contributed by atoms with Crippen molar-refractivity contribution in [2.75, 3.05) is 7.11 Å². The Morgan fingerprint density at radius 3 is 2.65 bits per heavy atom. The Labute approximate surface area is 176 Å². The third-order valence-corrected chi connectivity index (χ3v) is 4.59. The van der Waals surface area contributed by atoms with Crippen LogP contribution in [0.1, 0.15) is 16.1 Å². The number of nitrogens with zero attached hydrogens (tertiary/aromatic N) is 4. The molecule has 9 heteroatoms. The summed E-state index contributed by atoms with van der Waals surface area (Å²) >= 11 is 0. The first-order valence-corrected chi connectivity index (χ1v) is 9.29. The molecule has 0 saturated carbocycles. The minimum Gasteiger partial charge on any atom is -0.497 e. The second kappa shape index (κ2) is 8.70. The Kier molecular flexibility index (Phi) is 5.65. The van der Waals surface area contributed by atoms with Crippen molar-refractivity contribution in [3.8, 4) is 22.7 Å². The molecule has 4 aromatic rings. The van der Waals surface area contributed by atoms with E-state index in [-0.39, 0.29) is 17.8 Å². The predicted molar refractivity (Wildman–Crippen MR) is 109 cm³/mol. The van der Waals surface area contributed by atoms with Gasteiger partial charge < -0.3 is 10.1 Å². The third-order valence-electron chi connectivity index (χ3n) is 4.59. The van der Waals surface area contributed by atoms with Crippen LogP contribution in [-0.4, -0.2) is 33.0 Å². The smallest absolute Gasteiger partial charge is 0.274 e. The van der Waals surface area contributed by atoms with E-state index < -0.39 is 17.5 Å². The normalized spacial score (nSPS) is 10.7. The van der Waals surface area contributed by atoms with Gasteiger partial charge >= 0.3 is 0 Å². The fourth-order valence-corrected chi connectivity index (χ4v) is 3.05. The van der Waals surface area contributed by atoms with Gasteiger partial charge in [0, 0.05) is 42.2 Å². The van der Waals surface area contributed by atoms with Crippen LogP contribution >= 0.6 is 0 Å². The van der Waals surface area contributed by atoms with E-state index in [4.69, 9.17) is 4.74 Å². The number of carbonyl (C=O) groups is 1. The van der Waals surface area contributed by atoms with E-state index in [9.17, 15) is 13.6 Å². The van der Waals surface area contributed by atoms with Crippen molar-refractivity contribution in [1.82, 2.24) is 25.3 Å². The van der Waals surface area contributed by atoms with Gasteiger partial charge in [-0.15, -0.1) is 5.10 Å². The molecule has 31 heavy (non-hydrogen) atoms. The lowest BCUT2D eigenvalue weighted by atomic mass is 10.1. The second-order valence-electron chi connectivity index (χ2n) is 6.55. The summed E-state index contributed by atoms with van der Waals surface area (Å²) in [6.45, 7) is -0.132. The first-order chi connectivity index (χ1) is 15.1. The quantitative estimate of drug-likeness (QED) is 0.515. The maximum Gasteiger partial charge on any atom is 0.274 e. The number of hydrogen-bond acceptors (Lipinski definition) is 5. The van der Waals surface area contributed by atoms with Crippen LogP contribution in [0.25, 0.3) is 16.9 Å². The summed E-state index contributed by atoms with van der Waals surface area (Å²) in [6.07, 6.45) is 3.18. The average Bonchev–Trinajstić information content (AvgIpc) is 3.24. The minimum atomic E-state index is -0.741. The lowest BCUT2D eigenvalue weighted by molar-refractivity contribution is 0.0946. The van der Waals surface area contributed by atoms with Crippen molar-refractivity contribution < 1.29 is 18.3 Å². The zero-order chi connectivity index (χ0) is 21.8. The summed E-state index contributed by atoms with van der Waals surface area (Å²) in [5.74, 6) is -1.36. The number of rotatable bonds is 6. The molecule has 156 valence electrons. The molecule has 2 heterocycles. The van der Waals surface area contributed by atoms with Crippen LogP contribution < -0.4 is 10.1 Å². The Bertz CT molecular complexity index is 1230. The van der Waals surface area contributed by atoms with E-state index in [1.165, 1.54) is 10.7 Å². The van der Waals surface area contributed by atoms with Crippen LogP contribution in [0.3, 0.4) is 0 Å². The van der Waals surface area contributed by atoms with E-state index in [2.05, 4.69) is 20.6 Å². The highest BCUT2D eigenvalue weighted by atomic mass is 19.1. The van der Waals surface area contributed by atoms with Gasteiger partial charge in [-0.1, -0.05) is 17.3 Å². The van der Waals surface area contributed by atoms with Crippen molar-refractivity contribution in [3.63, 3.8) is 0 Å². The van der Waals surface area contributed by atoms with Gasteiger partial charge in [-0.3, -0.25) is 9.78 Å². The van der Waals surface area contributed by atoms with E-state index in [1.54, 1.807) is 55.9 Å². The Morgan fingerprint density at radius 2 is 1.90 bits per heavy atom. The number of nitrogens with one attached hydrogen (secondary N) is 1. The largest absolute Gasteiger partial charge is 0.497 e. The summed E-state index contributed by atoms with van der Waals surface area (Å²) < 4.78 is 33.8. The van der Waals surface area contributed by atoms with Crippen molar-refractivity contribution in [2.24, 2.45) is 0 Å². The zero-order valence-corrected chi connectivity index (χ0v) is 16.4. The van der Waals surface area contributed by atoms with E-state index >= 15 is 0 Å². The molecule has 2 aromatic carbocycles. The Morgan fingerprint density at radius 1 is 1.10 bits per heavy atom. The van der Waals surface area contributed by atoms with E-state index in [0.29, 0.717) is 22.7 Å². The number of hydrogen-bond donors (Lipinski definition) is 1. The molecule has 0 spiro atoms. The number of halogens is 2. The molecule has 0 saturated heterocycles. The zero-order valence-electron chi connectivity index (χ0n) is 16.4. The van der Waals surface area contributed by atoms with Gasteiger partial charge in [-0.05, 0) is 30.3 Å². The number of ether oxygens (including phenoxy) is 1. The van der Waals surface area contributed by atoms with Gasteiger partial charge in [-0.25, -0.2) is 13.5 Å². The summed E-state index contributed by atoms with van der Waals surface area (Å²) in [4.78, 5) is 16.9. The molecule has 0 aliphatic rings. The molecule has 0 aliphatic carbocycles. The van der Waals surface area contributed by atoms with E-state index in [0.717, 1.165) is 12.1 Å². The lowest BCUT2D eigenvalue weighted by Crippen LogP contribution is -2.24. The van der Waals surface area contributed by atoms with Crippen LogP contribution in [0.2, 0.25) is 0 Å². The van der Waals surface area contributed by atoms with Crippen LogP contribution in [0, 0.1) is 11.6 Å². The molecule has 1 N–H and O–H groups in total. The Balaban J connectivity index is 1.70. The van der Waals surface area contributed by atoms with Crippen LogP contribution in [0.5, 0.6) is 5.75 Å². The lowest BCUT2D eigenvalue weighted by Gasteiger charge is -2.10.